The minimum atomic E-state index is -0.152. The van der Waals surface area contributed by atoms with Crippen LogP contribution >= 0.6 is 22.7 Å². The fourth-order valence-electron chi connectivity index (χ4n) is 2.77. The van der Waals surface area contributed by atoms with Gasteiger partial charge in [0.2, 0.25) is 0 Å². The molecule has 3 aromatic rings. The van der Waals surface area contributed by atoms with Crippen LogP contribution in [0.2, 0.25) is 0 Å². The molecule has 0 N–H and O–H groups in total. The van der Waals surface area contributed by atoms with E-state index in [1.54, 1.807) is 22.7 Å². The molecular weight excluding hydrogens is 392 g/mol. The summed E-state index contributed by atoms with van der Waals surface area (Å²) in [6, 6.07) is 11.9. The van der Waals surface area contributed by atoms with E-state index >= 15 is 0 Å². The van der Waals surface area contributed by atoms with E-state index < -0.39 is 0 Å². The van der Waals surface area contributed by atoms with Gasteiger partial charge >= 0.3 is 5.97 Å². The van der Waals surface area contributed by atoms with Gasteiger partial charge in [-0.25, -0.2) is 4.99 Å². The monoisotopic (exact) mass is 416 g/mol. The molecule has 3 rings (SSSR count). The van der Waals surface area contributed by atoms with E-state index in [4.69, 9.17) is 14.5 Å². The molecule has 7 heteroatoms. The van der Waals surface area contributed by atoms with Crippen LogP contribution in [-0.2, 0) is 16.1 Å². The Labute approximate surface area is 172 Å². The lowest BCUT2D eigenvalue weighted by molar-refractivity contribution is -0.143. The number of hydrogen-bond donors (Lipinski definition) is 0. The van der Waals surface area contributed by atoms with Gasteiger partial charge in [-0.3, -0.25) is 4.79 Å². The molecule has 0 atom stereocenters. The van der Waals surface area contributed by atoms with Crippen molar-refractivity contribution in [2.45, 2.75) is 33.2 Å². The lowest BCUT2D eigenvalue weighted by Crippen LogP contribution is -2.17. The van der Waals surface area contributed by atoms with Crippen LogP contribution < -0.4 is 9.54 Å². The van der Waals surface area contributed by atoms with Gasteiger partial charge in [-0.15, -0.1) is 22.7 Å². The Balaban J connectivity index is 1.86. The highest BCUT2D eigenvalue weighted by molar-refractivity contribution is 7.14. The van der Waals surface area contributed by atoms with E-state index in [2.05, 4.69) is 21.4 Å². The molecule has 0 unspecified atom stereocenters. The van der Waals surface area contributed by atoms with Gasteiger partial charge in [0.05, 0.1) is 29.5 Å². The molecule has 0 saturated carbocycles. The van der Waals surface area contributed by atoms with Crippen molar-refractivity contribution in [1.82, 2.24) is 4.57 Å². The highest BCUT2D eigenvalue weighted by atomic mass is 32.1. The van der Waals surface area contributed by atoms with Crippen molar-refractivity contribution in [2.75, 3.05) is 13.2 Å². The zero-order valence-electron chi connectivity index (χ0n) is 16.1. The molecule has 0 amide bonds. The zero-order chi connectivity index (χ0) is 19.8. The van der Waals surface area contributed by atoms with Crippen LogP contribution in [0.3, 0.4) is 0 Å². The van der Waals surface area contributed by atoms with E-state index in [1.165, 1.54) is 4.88 Å². The molecule has 0 saturated heterocycles. The van der Waals surface area contributed by atoms with Crippen molar-refractivity contribution in [3.63, 3.8) is 0 Å². The van der Waals surface area contributed by atoms with Crippen LogP contribution in [0, 0.1) is 0 Å². The van der Waals surface area contributed by atoms with Gasteiger partial charge in [-0.2, -0.15) is 0 Å². The maximum Gasteiger partial charge on any atom is 0.305 e. The van der Waals surface area contributed by atoms with E-state index in [9.17, 15) is 4.79 Å². The van der Waals surface area contributed by atoms with Crippen molar-refractivity contribution in [2.24, 2.45) is 4.99 Å². The lowest BCUT2D eigenvalue weighted by Gasteiger charge is -2.08. The van der Waals surface area contributed by atoms with E-state index in [1.807, 2.05) is 44.2 Å². The zero-order valence-corrected chi connectivity index (χ0v) is 17.7. The molecule has 0 aliphatic rings. The Bertz CT molecular complexity index is 941. The Morgan fingerprint density at radius 1 is 1.11 bits per heavy atom. The van der Waals surface area contributed by atoms with Crippen LogP contribution in [0.25, 0.3) is 10.6 Å². The van der Waals surface area contributed by atoms with Gasteiger partial charge in [0.1, 0.15) is 5.75 Å². The predicted octanol–water partition coefficient (Wildman–Crippen LogP) is 5.25. The standard InChI is InChI=1S/C21H24N2O3S2/c1-3-25-17-11-9-16(10-12-17)22-21-23(13-5-8-20(24)26-4-2)18(15-28-21)19-7-6-14-27-19/h6-7,9-12,14-15H,3-5,8,13H2,1-2H3. The average molecular weight is 417 g/mol. The number of thiophene rings is 1. The SMILES string of the molecule is CCOC(=O)CCCn1c(-c2cccs2)csc1=Nc1ccc(OCC)cc1. The maximum atomic E-state index is 11.7. The van der Waals surface area contributed by atoms with Crippen LogP contribution in [0.1, 0.15) is 26.7 Å². The molecule has 0 spiro atoms. The van der Waals surface area contributed by atoms with Crippen molar-refractivity contribution < 1.29 is 14.3 Å². The molecule has 148 valence electrons. The Morgan fingerprint density at radius 2 is 1.93 bits per heavy atom. The van der Waals surface area contributed by atoms with Gasteiger partial charge < -0.3 is 14.0 Å². The first-order valence-electron chi connectivity index (χ1n) is 9.36. The molecule has 1 aromatic carbocycles. The molecule has 28 heavy (non-hydrogen) atoms. The fourth-order valence-corrected chi connectivity index (χ4v) is 4.54. The number of benzene rings is 1. The number of nitrogens with zero attached hydrogens (tertiary/aromatic N) is 2. The lowest BCUT2D eigenvalue weighted by atomic mass is 10.3. The number of carbonyl (C=O) groups excluding carboxylic acids is 1. The molecule has 2 heterocycles. The molecule has 5 nitrogen and oxygen atoms in total. The third-order valence-corrected chi connectivity index (χ3v) is 5.77. The fraction of sp³-hybridized carbons (Fsp3) is 0.333. The van der Waals surface area contributed by atoms with Crippen LogP contribution in [0.15, 0.2) is 52.2 Å². The number of carbonyl (C=O) groups is 1. The Hall–Kier alpha value is -2.38. The smallest absolute Gasteiger partial charge is 0.305 e. The molecule has 0 fully saturated rings. The minimum absolute atomic E-state index is 0.152. The topological polar surface area (TPSA) is 52.8 Å². The summed E-state index contributed by atoms with van der Waals surface area (Å²) in [6.45, 7) is 5.57. The van der Waals surface area contributed by atoms with Crippen LogP contribution in [0.4, 0.5) is 5.69 Å². The van der Waals surface area contributed by atoms with E-state index in [0.717, 1.165) is 21.9 Å². The largest absolute Gasteiger partial charge is 0.494 e. The van der Waals surface area contributed by atoms with Gasteiger partial charge in [0, 0.05) is 18.3 Å². The first-order chi connectivity index (χ1) is 13.7. The summed E-state index contributed by atoms with van der Waals surface area (Å²) in [4.78, 5) is 18.6. The van der Waals surface area contributed by atoms with Crippen LogP contribution in [-0.4, -0.2) is 23.8 Å². The van der Waals surface area contributed by atoms with E-state index in [-0.39, 0.29) is 5.97 Å². The summed E-state index contributed by atoms with van der Waals surface area (Å²) in [5.41, 5.74) is 2.01. The molecule has 0 radical (unpaired) electrons. The number of ether oxygens (including phenoxy) is 2. The number of hydrogen-bond acceptors (Lipinski definition) is 6. The van der Waals surface area contributed by atoms with Crippen molar-refractivity contribution in [3.8, 4) is 16.3 Å². The highest BCUT2D eigenvalue weighted by Crippen LogP contribution is 2.26. The summed E-state index contributed by atoms with van der Waals surface area (Å²) < 4.78 is 12.7. The average Bonchev–Trinajstić information content (AvgIpc) is 3.34. The Kier molecular flexibility index (Phi) is 7.45. The summed E-state index contributed by atoms with van der Waals surface area (Å²) in [5, 5.41) is 4.20. The second-order valence-electron chi connectivity index (χ2n) is 5.98. The highest BCUT2D eigenvalue weighted by Gasteiger charge is 2.10. The minimum Gasteiger partial charge on any atom is -0.494 e. The number of rotatable bonds is 9. The van der Waals surface area contributed by atoms with Crippen molar-refractivity contribution >= 4 is 34.3 Å². The number of thiazole rings is 1. The first kappa shape index (κ1) is 20.4. The third-order valence-electron chi connectivity index (χ3n) is 4.01. The maximum absolute atomic E-state index is 11.7. The molecular formula is C21H24N2O3S2. The normalized spacial score (nSPS) is 11.6. The summed E-state index contributed by atoms with van der Waals surface area (Å²) in [7, 11) is 0. The molecule has 2 aromatic heterocycles. The van der Waals surface area contributed by atoms with Gasteiger partial charge in [-0.05, 0) is 56.0 Å². The second-order valence-corrected chi connectivity index (χ2v) is 7.76. The summed E-state index contributed by atoms with van der Waals surface area (Å²) >= 11 is 3.31. The van der Waals surface area contributed by atoms with Crippen molar-refractivity contribution in [1.29, 1.82) is 0 Å². The summed E-state index contributed by atoms with van der Waals surface area (Å²) in [5.74, 6) is 0.690. The van der Waals surface area contributed by atoms with Gasteiger partial charge in [0.25, 0.3) is 0 Å². The van der Waals surface area contributed by atoms with Gasteiger partial charge in [0.15, 0.2) is 4.80 Å². The molecule has 0 bridgehead atoms. The molecule has 0 aliphatic carbocycles. The number of esters is 1. The van der Waals surface area contributed by atoms with Crippen molar-refractivity contribution in [3.05, 3.63) is 52.0 Å². The molecule has 0 aliphatic heterocycles. The first-order valence-corrected chi connectivity index (χ1v) is 11.1. The third kappa shape index (κ3) is 5.33. The summed E-state index contributed by atoms with van der Waals surface area (Å²) in [6.07, 6.45) is 1.12. The van der Waals surface area contributed by atoms with Crippen LogP contribution in [0.5, 0.6) is 5.75 Å². The quantitative estimate of drug-likeness (QED) is 0.448. The predicted molar refractivity (Wildman–Crippen MR) is 114 cm³/mol. The second kappa shape index (κ2) is 10.2. The number of aromatic nitrogens is 1. The van der Waals surface area contributed by atoms with E-state index in [0.29, 0.717) is 32.6 Å². The van der Waals surface area contributed by atoms with Gasteiger partial charge in [-0.1, -0.05) is 6.07 Å². The Morgan fingerprint density at radius 3 is 2.61 bits per heavy atom.